The van der Waals surface area contributed by atoms with Gasteiger partial charge in [-0.05, 0) is 43.5 Å². The van der Waals surface area contributed by atoms with E-state index in [0.29, 0.717) is 4.99 Å². The first kappa shape index (κ1) is 14.5. The Labute approximate surface area is 126 Å². The quantitative estimate of drug-likeness (QED) is 0.830. The van der Waals surface area contributed by atoms with Crippen molar-refractivity contribution in [2.75, 3.05) is 5.32 Å². The van der Waals surface area contributed by atoms with E-state index in [-0.39, 0.29) is 6.04 Å². The molecular formula is C17H20N2S. The maximum absolute atomic E-state index is 5.82. The normalized spacial score (nSPS) is 11.9. The molecule has 3 N–H and O–H groups in total. The van der Waals surface area contributed by atoms with Gasteiger partial charge in [-0.2, -0.15) is 0 Å². The predicted octanol–water partition coefficient (Wildman–Crippen LogP) is 4.11. The number of hydrogen-bond donors (Lipinski definition) is 2. The van der Waals surface area contributed by atoms with Crippen molar-refractivity contribution in [3.05, 3.63) is 64.7 Å². The molecule has 3 heteroatoms. The zero-order valence-corrected chi connectivity index (χ0v) is 12.9. The summed E-state index contributed by atoms with van der Waals surface area (Å²) in [5.74, 6) is 0. The highest BCUT2D eigenvalue weighted by Gasteiger charge is 2.13. The second kappa shape index (κ2) is 6.06. The standard InChI is InChI=1S/C17H20N2S/c1-11-7-4-5-9-14(11)13(3)19-16-12(2)8-6-10-15(16)17(18)20/h4-10,13,19H,1-3H3,(H2,18,20). The van der Waals surface area contributed by atoms with Gasteiger partial charge in [0.15, 0.2) is 0 Å². The summed E-state index contributed by atoms with van der Waals surface area (Å²) in [4.78, 5) is 0.424. The third kappa shape index (κ3) is 2.99. The third-order valence-corrected chi connectivity index (χ3v) is 3.77. The van der Waals surface area contributed by atoms with Crippen LogP contribution in [0.1, 0.15) is 35.2 Å². The van der Waals surface area contributed by atoms with Crippen LogP contribution in [-0.2, 0) is 0 Å². The van der Waals surface area contributed by atoms with Crippen molar-refractivity contribution in [1.29, 1.82) is 0 Å². The average Bonchev–Trinajstić information content (AvgIpc) is 2.41. The van der Waals surface area contributed by atoms with Crippen LogP contribution in [0.4, 0.5) is 5.69 Å². The summed E-state index contributed by atoms with van der Waals surface area (Å²) in [6.07, 6.45) is 0. The van der Waals surface area contributed by atoms with Gasteiger partial charge in [0, 0.05) is 17.3 Å². The topological polar surface area (TPSA) is 38.0 Å². The average molecular weight is 284 g/mol. The van der Waals surface area contributed by atoms with E-state index < -0.39 is 0 Å². The van der Waals surface area contributed by atoms with Crippen molar-refractivity contribution in [3.8, 4) is 0 Å². The van der Waals surface area contributed by atoms with Gasteiger partial charge in [-0.25, -0.2) is 0 Å². The summed E-state index contributed by atoms with van der Waals surface area (Å²) >= 11 is 5.14. The lowest BCUT2D eigenvalue weighted by molar-refractivity contribution is 0.872. The van der Waals surface area contributed by atoms with Crippen molar-refractivity contribution in [2.45, 2.75) is 26.8 Å². The number of thiocarbonyl (C=S) groups is 1. The van der Waals surface area contributed by atoms with Gasteiger partial charge in [-0.15, -0.1) is 0 Å². The zero-order chi connectivity index (χ0) is 14.7. The summed E-state index contributed by atoms with van der Waals surface area (Å²) in [6.45, 7) is 6.34. The number of anilines is 1. The number of aryl methyl sites for hydroxylation is 2. The first-order chi connectivity index (χ1) is 9.50. The van der Waals surface area contributed by atoms with Crippen LogP contribution in [0.2, 0.25) is 0 Å². The monoisotopic (exact) mass is 284 g/mol. The van der Waals surface area contributed by atoms with E-state index in [9.17, 15) is 0 Å². The molecule has 0 spiro atoms. The Morgan fingerprint density at radius 3 is 2.35 bits per heavy atom. The molecule has 104 valence electrons. The fourth-order valence-corrected chi connectivity index (χ4v) is 2.60. The third-order valence-electron chi connectivity index (χ3n) is 3.55. The van der Waals surface area contributed by atoms with Crippen LogP contribution in [0.5, 0.6) is 0 Å². The van der Waals surface area contributed by atoms with Crippen molar-refractivity contribution >= 4 is 22.9 Å². The molecule has 0 fully saturated rings. The van der Waals surface area contributed by atoms with E-state index in [4.69, 9.17) is 18.0 Å². The van der Waals surface area contributed by atoms with Gasteiger partial charge in [0.2, 0.25) is 0 Å². The first-order valence-corrected chi connectivity index (χ1v) is 7.13. The number of benzene rings is 2. The molecule has 0 amide bonds. The molecule has 0 heterocycles. The SMILES string of the molecule is Cc1ccccc1C(C)Nc1c(C)cccc1C(N)=S. The molecule has 0 aliphatic rings. The summed E-state index contributed by atoms with van der Waals surface area (Å²) in [5.41, 5.74) is 11.5. The molecule has 1 unspecified atom stereocenters. The molecular weight excluding hydrogens is 264 g/mol. The molecule has 2 nitrogen and oxygen atoms in total. The van der Waals surface area contributed by atoms with E-state index in [0.717, 1.165) is 16.8 Å². The van der Waals surface area contributed by atoms with Crippen molar-refractivity contribution in [1.82, 2.24) is 0 Å². The Kier molecular flexibility index (Phi) is 4.40. The molecule has 2 aromatic carbocycles. The van der Waals surface area contributed by atoms with Crippen LogP contribution in [-0.4, -0.2) is 4.99 Å². The second-order valence-corrected chi connectivity index (χ2v) is 5.52. The predicted molar refractivity (Wildman–Crippen MR) is 90.3 cm³/mol. The van der Waals surface area contributed by atoms with Crippen LogP contribution in [0, 0.1) is 13.8 Å². The summed E-state index contributed by atoms with van der Waals surface area (Å²) < 4.78 is 0. The van der Waals surface area contributed by atoms with Gasteiger partial charge in [0.05, 0.1) is 0 Å². The molecule has 0 aliphatic carbocycles. The first-order valence-electron chi connectivity index (χ1n) is 6.72. The van der Waals surface area contributed by atoms with Gasteiger partial charge >= 0.3 is 0 Å². The summed E-state index contributed by atoms with van der Waals surface area (Å²) in [6, 6.07) is 14.6. The van der Waals surface area contributed by atoms with Crippen molar-refractivity contribution < 1.29 is 0 Å². The highest BCUT2D eigenvalue weighted by molar-refractivity contribution is 7.80. The summed E-state index contributed by atoms with van der Waals surface area (Å²) in [5, 5.41) is 3.55. The van der Waals surface area contributed by atoms with E-state index in [1.54, 1.807) is 0 Å². The molecule has 0 aliphatic heterocycles. The molecule has 0 bridgehead atoms. The summed E-state index contributed by atoms with van der Waals surface area (Å²) in [7, 11) is 0. The Morgan fingerprint density at radius 2 is 1.70 bits per heavy atom. The van der Waals surface area contributed by atoms with Crippen LogP contribution in [0.15, 0.2) is 42.5 Å². The molecule has 0 saturated carbocycles. The van der Waals surface area contributed by atoms with Crippen LogP contribution >= 0.6 is 12.2 Å². The molecule has 2 aromatic rings. The molecule has 2 rings (SSSR count). The Morgan fingerprint density at radius 1 is 1.05 bits per heavy atom. The van der Waals surface area contributed by atoms with Gasteiger partial charge in [-0.1, -0.05) is 48.6 Å². The van der Waals surface area contributed by atoms with Gasteiger partial charge in [0.1, 0.15) is 4.99 Å². The minimum Gasteiger partial charge on any atom is -0.389 e. The van der Waals surface area contributed by atoms with Gasteiger partial charge < -0.3 is 11.1 Å². The zero-order valence-electron chi connectivity index (χ0n) is 12.1. The van der Waals surface area contributed by atoms with E-state index in [1.165, 1.54) is 11.1 Å². The lowest BCUT2D eigenvalue weighted by Crippen LogP contribution is -2.16. The Balaban J connectivity index is 2.35. The number of nitrogens with one attached hydrogen (secondary N) is 1. The Bertz CT molecular complexity index is 635. The molecule has 0 radical (unpaired) electrons. The fraction of sp³-hybridized carbons (Fsp3) is 0.235. The number of para-hydroxylation sites is 1. The maximum atomic E-state index is 5.82. The van der Waals surface area contributed by atoms with Crippen LogP contribution < -0.4 is 11.1 Å². The van der Waals surface area contributed by atoms with Crippen LogP contribution in [0.25, 0.3) is 0 Å². The molecule has 0 aromatic heterocycles. The highest BCUT2D eigenvalue weighted by Crippen LogP contribution is 2.27. The van der Waals surface area contributed by atoms with Crippen molar-refractivity contribution in [2.24, 2.45) is 5.73 Å². The lowest BCUT2D eigenvalue weighted by Gasteiger charge is -2.21. The number of hydrogen-bond acceptors (Lipinski definition) is 2. The number of rotatable bonds is 4. The fourth-order valence-electron chi connectivity index (χ4n) is 2.43. The van der Waals surface area contributed by atoms with E-state index in [1.807, 2.05) is 12.1 Å². The van der Waals surface area contributed by atoms with Crippen LogP contribution in [0.3, 0.4) is 0 Å². The molecule has 20 heavy (non-hydrogen) atoms. The van der Waals surface area contributed by atoms with E-state index in [2.05, 4.69) is 56.4 Å². The lowest BCUT2D eigenvalue weighted by atomic mass is 10.0. The number of nitrogens with two attached hydrogens (primary N) is 1. The second-order valence-electron chi connectivity index (χ2n) is 5.08. The molecule has 1 atom stereocenters. The maximum Gasteiger partial charge on any atom is 0.106 e. The largest absolute Gasteiger partial charge is 0.389 e. The molecule has 0 saturated heterocycles. The van der Waals surface area contributed by atoms with Crippen molar-refractivity contribution in [3.63, 3.8) is 0 Å². The van der Waals surface area contributed by atoms with E-state index >= 15 is 0 Å². The smallest absolute Gasteiger partial charge is 0.106 e. The minimum absolute atomic E-state index is 0.199. The Hall–Kier alpha value is -1.87. The van der Waals surface area contributed by atoms with Gasteiger partial charge in [-0.3, -0.25) is 0 Å². The minimum atomic E-state index is 0.199. The van der Waals surface area contributed by atoms with Gasteiger partial charge in [0.25, 0.3) is 0 Å². The highest BCUT2D eigenvalue weighted by atomic mass is 32.1.